The largest absolute Gasteiger partial charge is 0.330 e. The fourth-order valence-electron chi connectivity index (χ4n) is 4.24. The maximum Gasteiger partial charge on any atom is 0.279 e. The number of thiocarbonyl (C=S) groups is 1. The summed E-state index contributed by atoms with van der Waals surface area (Å²) in [5, 5.41) is 23.8. The van der Waals surface area contributed by atoms with Gasteiger partial charge >= 0.3 is 0 Å². The smallest absolute Gasteiger partial charge is 0.279 e. The van der Waals surface area contributed by atoms with Crippen molar-refractivity contribution in [2.45, 2.75) is 11.4 Å². The lowest BCUT2D eigenvalue weighted by molar-refractivity contribution is -0.112. The van der Waals surface area contributed by atoms with Crippen molar-refractivity contribution < 1.29 is 13.2 Å². The molecule has 4 aromatic rings. The molecule has 0 bridgehead atoms. The van der Waals surface area contributed by atoms with E-state index in [0.29, 0.717) is 23.4 Å². The zero-order valence-electron chi connectivity index (χ0n) is 19.8. The molecule has 188 valence electrons. The summed E-state index contributed by atoms with van der Waals surface area (Å²) in [5.74, 6) is -0.372. The molecule has 1 aliphatic rings. The van der Waals surface area contributed by atoms with Crippen molar-refractivity contribution in [3.63, 3.8) is 0 Å². The van der Waals surface area contributed by atoms with Crippen LogP contribution in [-0.2, 0) is 21.4 Å². The van der Waals surface area contributed by atoms with Gasteiger partial charge in [0.25, 0.3) is 5.91 Å². The van der Waals surface area contributed by atoms with E-state index in [1.807, 2.05) is 42.5 Å². The Kier molecular flexibility index (Phi) is 6.61. The lowest BCUT2D eigenvalue weighted by Gasteiger charge is -2.17. The number of hydrazone groups is 1. The van der Waals surface area contributed by atoms with Crippen LogP contribution in [-0.4, -0.2) is 25.1 Å². The summed E-state index contributed by atoms with van der Waals surface area (Å²) in [4.78, 5) is 15.0. The molecule has 0 aromatic heterocycles. The number of hydrogen-bond donors (Lipinski definition) is 3. The van der Waals surface area contributed by atoms with Crippen molar-refractivity contribution in [1.29, 1.82) is 5.26 Å². The van der Waals surface area contributed by atoms with Gasteiger partial charge in [-0.05, 0) is 65.0 Å². The third-order valence-electron chi connectivity index (χ3n) is 5.98. The van der Waals surface area contributed by atoms with E-state index in [-0.39, 0.29) is 27.3 Å². The molecule has 0 saturated heterocycles. The van der Waals surface area contributed by atoms with E-state index < -0.39 is 10.0 Å². The molecular weight excluding hydrogens is 520 g/mol. The number of fused-ring (bicyclic) bond motifs is 2. The predicted octanol–water partition coefficient (Wildman–Crippen LogP) is 3.60. The van der Waals surface area contributed by atoms with Crippen LogP contribution in [0.2, 0.25) is 0 Å². The molecule has 0 unspecified atom stereocenters. The second-order valence-corrected chi connectivity index (χ2v) is 10.4. The summed E-state index contributed by atoms with van der Waals surface area (Å²) in [6.07, 6.45) is 0. The van der Waals surface area contributed by atoms with Gasteiger partial charge in [0.05, 0.1) is 29.6 Å². The van der Waals surface area contributed by atoms with E-state index in [1.165, 1.54) is 18.2 Å². The van der Waals surface area contributed by atoms with Crippen LogP contribution >= 0.6 is 12.2 Å². The van der Waals surface area contributed by atoms with Gasteiger partial charge in [0.15, 0.2) is 10.8 Å². The number of carbonyl (C=O) groups excluding carboxylic acids is 1. The Balaban J connectivity index is 1.43. The Hall–Kier alpha value is -4.63. The van der Waals surface area contributed by atoms with Crippen molar-refractivity contribution in [1.82, 2.24) is 5.43 Å². The second-order valence-electron chi connectivity index (χ2n) is 8.48. The van der Waals surface area contributed by atoms with Gasteiger partial charge in [-0.1, -0.05) is 48.5 Å². The minimum Gasteiger partial charge on any atom is -0.330 e. The molecule has 5 rings (SSSR count). The molecular formula is C27H20N6O3S2. The number of rotatable bonds is 5. The minimum atomic E-state index is -3.99. The summed E-state index contributed by atoms with van der Waals surface area (Å²) in [6, 6.07) is 27.0. The van der Waals surface area contributed by atoms with Crippen LogP contribution in [0, 0.1) is 11.3 Å². The minimum absolute atomic E-state index is 0.0487. The lowest BCUT2D eigenvalue weighted by Crippen LogP contribution is -2.32. The number of anilines is 2. The molecule has 0 radical (unpaired) electrons. The SMILES string of the molecule is N#Cc1ccc2c(c1)C(=NNC(=S)Nc1ccccc1S(N)(=O)=O)C(=O)N2Cc1ccc2ccccc2c1. The molecule has 4 N–H and O–H groups in total. The highest BCUT2D eigenvalue weighted by Crippen LogP contribution is 2.32. The molecule has 0 spiro atoms. The Morgan fingerprint density at radius 1 is 1.00 bits per heavy atom. The topological polar surface area (TPSA) is 141 Å². The number of benzene rings is 4. The molecule has 0 fully saturated rings. The third kappa shape index (κ3) is 4.96. The number of nitrogens with zero attached hydrogens (tertiary/aromatic N) is 3. The van der Waals surface area contributed by atoms with Crippen LogP contribution in [0.5, 0.6) is 0 Å². The van der Waals surface area contributed by atoms with Crippen LogP contribution in [0.25, 0.3) is 10.8 Å². The Morgan fingerprint density at radius 2 is 1.74 bits per heavy atom. The Labute approximate surface area is 224 Å². The van der Waals surface area contributed by atoms with Crippen molar-refractivity contribution in [3.05, 3.63) is 102 Å². The van der Waals surface area contributed by atoms with E-state index in [2.05, 4.69) is 21.9 Å². The molecule has 0 aliphatic carbocycles. The van der Waals surface area contributed by atoms with Crippen molar-refractivity contribution in [2.75, 3.05) is 10.2 Å². The molecule has 1 aliphatic heterocycles. The molecule has 0 atom stereocenters. The van der Waals surface area contributed by atoms with E-state index in [0.717, 1.165) is 16.3 Å². The van der Waals surface area contributed by atoms with E-state index in [9.17, 15) is 18.5 Å². The first-order valence-corrected chi connectivity index (χ1v) is 13.3. The van der Waals surface area contributed by atoms with Crippen molar-refractivity contribution in [3.8, 4) is 6.07 Å². The summed E-state index contributed by atoms with van der Waals surface area (Å²) in [5.41, 5.74) is 5.24. The van der Waals surface area contributed by atoms with Crippen LogP contribution in [0.4, 0.5) is 11.4 Å². The first-order valence-electron chi connectivity index (χ1n) is 11.3. The summed E-state index contributed by atoms with van der Waals surface area (Å²) in [7, 11) is -3.99. The van der Waals surface area contributed by atoms with Crippen molar-refractivity contribution in [2.24, 2.45) is 10.2 Å². The third-order valence-corrected chi connectivity index (χ3v) is 7.15. The van der Waals surface area contributed by atoms with E-state index in [4.69, 9.17) is 17.4 Å². The van der Waals surface area contributed by atoms with Gasteiger partial charge in [0.2, 0.25) is 10.0 Å². The fraction of sp³-hybridized carbons (Fsp3) is 0.0370. The van der Waals surface area contributed by atoms with Gasteiger partial charge in [-0.25, -0.2) is 13.6 Å². The first-order chi connectivity index (χ1) is 18.2. The first kappa shape index (κ1) is 25.0. The van der Waals surface area contributed by atoms with Gasteiger partial charge in [-0.2, -0.15) is 10.4 Å². The van der Waals surface area contributed by atoms with Crippen LogP contribution < -0.4 is 20.8 Å². The number of carbonyl (C=O) groups is 1. The second kappa shape index (κ2) is 10.0. The number of nitrogens with one attached hydrogen (secondary N) is 2. The number of amides is 1. The standard InChI is InChI=1S/C27H20N6O3S2/c28-15-17-10-12-23-21(14-17)25(31-32-27(37)30-22-7-3-4-8-24(22)38(29,35)36)26(34)33(23)16-18-9-11-19-5-1-2-6-20(19)13-18/h1-14H,16H2,(H2,29,35,36)(H2,30,32,37). The molecule has 1 amide bonds. The van der Waals surface area contributed by atoms with E-state index in [1.54, 1.807) is 29.2 Å². The monoisotopic (exact) mass is 540 g/mol. The number of nitriles is 1. The van der Waals surface area contributed by atoms with Gasteiger partial charge in [-0.3, -0.25) is 10.2 Å². The maximum atomic E-state index is 13.5. The molecule has 4 aromatic carbocycles. The summed E-state index contributed by atoms with van der Waals surface area (Å²) >= 11 is 5.28. The number of para-hydroxylation sites is 1. The Morgan fingerprint density at radius 3 is 2.50 bits per heavy atom. The number of sulfonamides is 1. The van der Waals surface area contributed by atoms with Gasteiger partial charge < -0.3 is 10.2 Å². The molecule has 9 nitrogen and oxygen atoms in total. The molecule has 1 heterocycles. The van der Waals surface area contributed by atoms with Crippen molar-refractivity contribution >= 4 is 61.1 Å². The number of primary sulfonamides is 1. The highest BCUT2D eigenvalue weighted by atomic mass is 32.2. The molecule has 11 heteroatoms. The normalized spacial score (nSPS) is 13.8. The molecule has 38 heavy (non-hydrogen) atoms. The van der Waals surface area contributed by atoms with Gasteiger partial charge in [-0.15, -0.1) is 0 Å². The summed E-state index contributed by atoms with van der Waals surface area (Å²) < 4.78 is 23.7. The van der Waals surface area contributed by atoms with Crippen LogP contribution in [0.15, 0.2) is 94.9 Å². The highest BCUT2D eigenvalue weighted by molar-refractivity contribution is 7.89. The van der Waals surface area contributed by atoms with E-state index >= 15 is 0 Å². The van der Waals surface area contributed by atoms with Gasteiger partial charge in [0, 0.05) is 5.56 Å². The fourth-order valence-corrected chi connectivity index (χ4v) is 5.09. The average molecular weight is 541 g/mol. The van der Waals surface area contributed by atoms with Gasteiger partial charge in [0.1, 0.15) is 4.90 Å². The maximum absolute atomic E-state index is 13.5. The predicted molar refractivity (Wildman–Crippen MR) is 150 cm³/mol. The zero-order chi connectivity index (χ0) is 26.9. The van der Waals surface area contributed by atoms with Crippen LogP contribution in [0.1, 0.15) is 16.7 Å². The highest BCUT2D eigenvalue weighted by Gasteiger charge is 2.34. The number of nitrogens with two attached hydrogens (primary N) is 1. The molecule has 0 saturated carbocycles. The summed E-state index contributed by atoms with van der Waals surface area (Å²) in [6.45, 7) is 0.298. The quantitative estimate of drug-likeness (QED) is 0.259. The Bertz CT molecular complexity index is 1790. The lowest BCUT2D eigenvalue weighted by atomic mass is 10.1. The number of hydrogen-bond acceptors (Lipinski definition) is 6. The average Bonchev–Trinajstić information content (AvgIpc) is 3.16. The van der Waals surface area contributed by atoms with Crippen LogP contribution in [0.3, 0.4) is 0 Å². The zero-order valence-corrected chi connectivity index (χ0v) is 21.4.